The van der Waals surface area contributed by atoms with E-state index in [1.807, 2.05) is 13.8 Å². The monoisotopic (exact) mass is 230 g/mol. The first-order valence-electron chi connectivity index (χ1n) is 5.66. The van der Waals surface area contributed by atoms with E-state index in [0.29, 0.717) is 13.2 Å². The summed E-state index contributed by atoms with van der Waals surface area (Å²) >= 11 is 0. The molecule has 0 radical (unpaired) electrons. The molecule has 0 bridgehead atoms. The van der Waals surface area contributed by atoms with E-state index in [-0.39, 0.29) is 30.4 Å². The predicted octanol–water partition coefficient (Wildman–Crippen LogP) is 0.442. The van der Waals surface area contributed by atoms with Crippen molar-refractivity contribution in [1.29, 1.82) is 0 Å². The van der Waals surface area contributed by atoms with Gasteiger partial charge in [0.2, 0.25) is 5.91 Å². The lowest BCUT2D eigenvalue weighted by atomic mass is 10.2. The molecule has 0 rings (SSSR count). The van der Waals surface area contributed by atoms with Crippen LogP contribution in [0.15, 0.2) is 0 Å². The molecule has 2 N–H and O–H groups in total. The summed E-state index contributed by atoms with van der Waals surface area (Å²) in [5.74, 6) is -0.301. The van der Waals surface area contributed by atoms with Gasteiger partial charge in [-0.05, 0) is 27.7 Å². The number of carbonyl (C=O) groups excluding carboxylic acids is 2. The molecular weight excluding hydrogens is 208 g/mol. The van der Waals surface area contributed by atoms with Crippen LogP contribution in [0.25, 0.3) is 0 Å². The van der Waals surface area contributed by atoms with E-state index in [2.05, 4.69) is 10.6 Å². The summed E-state index contributed by atoms with van der Waals surface area (Å²) in [7, 11) is 0. The van der Waals surface area contributed by atoms with Gasteiger partial charge < -0.3 is 15.4 Å². The Kier molecular flexibility index (Phi) is 7.54. The average Bonchev–Trinajstić information content (AvgIpc) is 2.16. The summed E-state index contributed by atoms with van der Waals surface area (Å²) in [5, 5.41) is 5.75. The highest BCUT2D eigenvalue weighted by Crippen LogP contribution is 1.88. The Morgan fingerprint density at radius 2 is 1.88 bits per heavy atom. The molecule has 5 heteroatoms. The van der Waals surface area contributed by atoms with Gasteiger partial charge in [-0.1, -0.05) is 0 Å². The Hall–Kier alpha value is -1.10. The maximum atomic E-state index is 11.5. The fraction of sp³-hybridized carbons (Fsp3) is 0.818. The van der Waals surface area contributed by atoms with Crippen LogP contribution in [0.3, 0.4) is 0 Å². The van der Waals surface area contributed by atoms with Crippen molar-refractivity contribution in [3.8, 4) is 0 Å². The van der Waals surface area contributed by atoms with Gasteiger partial charge in [-0.25, -0.2) is 0 Å². The zero-order valence-electron chi connectivity index (χ0n) is 10.5. The fourth-order valence-electron chi connectivity index (χ4n) is 1.13. The lowest BCUT2D eigenvalue weighted by Crippen LogP contribution is -2.45. The highest BCUT2D eigenvalue weighted by Gasteiger charge is 2.13. The molecule has 0 fully saturated rings. The van der Waals surface area contributed by atoms with E-state index >= 15 is 0 Å². The van der Waals surface area contributed by atoms with Gasteiger partial charge in [0.25, 0.3) is 0 Å². The molecular formula is C11H22N2O3. The number of hydrogen-bond acceptors (Lipinski definition) is 4. The molecule has 0 aromatic heterocycles. The van der Waals surface area contributed by atoms with E-state index < -0.39 is 0 Å². The number of nitrogens with one attached hydrogen (secondary N) is 2. The largest absolute Gasteiger partial charge is 0.466 e. The Morgan fingerprint density at radius 1 is 1.25 bits per heavy atom. The number of ether oxygens (including phenoxy) is 1. The minimum absolute atomic E-state index is 0.0566. The van der Waals surface area contributed by atoms with Crippen molar-refractivity contribution < 1.29 is 14.3 Å². The molecule has 16 heavy (non-hydrogen) atoms. The number of rotatable bonds is 7. The van der Waals surface area contributed by atoms with Crippen molar-refractivity contribution in [1.82, 2.24) is 10.6 Å². The fourth-order valence-corrected chi connectivity index (χ4v) is 1.13. The van der Waals surface area contributed by atoms with E-state index in [1.165, 1.54) is 0 Å². The molecule has 1 unspecified atom stereocenters. The highest BCUT2D eigenvalue weighted by molar-refractivity contribution is 5.81. The topological polar surface area (TPSA) is 67.4 Å². The second-order valence-electron chi connectivity index (χ2n) is 3.89. The second-order valence-corrected chi connectivity index (χ2v) is 3.89. The molecule has 5 nitrogen and oxygen atoms in total. The molecule has 0 aliphatic heterocycles. The molecule has 94 valence electrons. The maximum Gasteiger partial charge on any atom is 0.307 e. The smallest absolute Gasteiger partial charge is 0.307 e. The van der Waals surface area contributed by atoms with Crippen LogP contribution in [0.1, 0.15) is 34.1 Å². The van der Waals surface area contributed by atoms with Crippen molar-refractivity contribution >= 4 is 11.9 Å². The van der Waals surface area contributed by atoms with Gasteiger partial charge in [0.15, 0.2) is 0 Å². The molecule has 1 amide bonds. The van der Waals surface area contributed by atoms with Gasteiger partial charge in [-0.3, -0.25) is 9.59 Å². The van der Waals surface area contributed by atoms with Gasteiger partial charge in [0.1, 0.15) is 0 Å². The summed E-state index contributed by atoms with van der Waals surface area (Å²) < 4.78 is 4.77. The molecule has 0 heterocycles. The molecule has 0 saturated carbocycles. The first-order valence-corrected chi connectivity index (χ1v) is 5.66. The van der Waals surface area contributed by atoms with Crippen molar-refractivity contribution in [3.63, 3.8) is 0 Å². The Balaban J connectivity index is 3.68. The number of hydrogen-bond donors (Lipinski definition) is 2. The van der Waals surface area contributed by atoms with Crippen LogP contribution < -0.4 is 10.6 Å². The Bertz CT molecular complexity index is 229. The quantitative estimate of drug-likeness (QED) is 0.623. The Labute approximate surface area is 96.9 Å². The number of esters is 1. The van der Waals surface area contributed by atoms with Crippen LogP contribution in [-0.4, -0.2) is 37.1 Å². The lowest BCUT2D eigenvalue weighted by molar-refractivity contribution is -0.143. The van der Waals surface area contributed by atoms with Crippen molar-refractivity contribution in [2.24, 2.45) is 0 Å². The zero-order chi connectivity index (χ0) is 12.6. The van der Waals surface area contributed by atoms with Gasteiger partial charge in [0, 0.05) is 12.6 Å². The molecule has 1 atom stereocenters. The summed E-state index contributed by atoms with van der Waals surface area (Å²) in [6.07, 6.45) is 0.285. The SMILES string of the molecule is CCOC(=O)CCNC(C)C(=O)NC(C)C. The summed E-state index contributed by atoms with van der Waals surface area (Å²) in [4.78, 5) is 22.5. The summed E-state index contributed by atoms with van der Waals surface area (Å²) in [5.41, 5.74) is 0. The van der Waals surface area contributed by atoms with Gasteiger partial charge in [-0.15, -0.1) is 0 Å². The first kappa shape index (κ1) is 14.9. The van der Waals surface area contributed by atoms with Crippen LogP contribution in [0.2, 0.25) is 0 Å². The minimum Gasteiger partial charge on any atom is -0.466 e. The highest BCUT2D eigenvalue weighted by atomic mass is 16.5. The van der Waals surface area contributed by atoms with Crippen LogP contribution in [0, 0.1) is 0 Å². The van der Waals surface area contributed by atoms with Crippen molar-refractivity contribution in [2.75, 3.05) is 13.2 Å². The van der Waals surface area contributed by atoms with E-state index in [9.17, 15) is 9.59 Å². The van der Waals surface area contributed by atoms with E-state index in [0.717, 1.165) is 0 Å². The van der Waals surface area contributed by atoms with Gasteiger partial charge >= 0.3 is 5.97 Å². The van der Waals surface area contributed by atoms with Crippen LogP contribution in [0.4, 0.5) is 0 Å². The number of amides is 1. The molecule has 0 saturated heterocycles. The van der Waals surface area contributed by atoms with Crippen LogP contribution in [0.5, 0.6) is 0 Å². The number of carbonyl (C=O) groups is 2. The van der Waals surface area contributed by atoms with E-state index in [4.69, 9.17) is 4.74 Å². The lowest BCUT2D eigenvalue weighted by Gasteiger charge is -2.15. The normalized spacial score (nSPS) is 12.3. The van der Waals surface area contributed by atoms with Crippen LogP contribution >= 0.6 is 0 Å². The van der Waals surface area contributed by atoms with Gasteiger partial charge in [-0.2, -0.15) is 0 Å². The van der Waals surface area contributed by atoms with E-state index in [1.54, 1.807) is 13.8 Å². The molecule has 0 aliphatic rings. The van der Waals surface area contributed by atoms with Gasteiger partial charge in [0.05, 0.1) is 19.1 Å². The van der Waals surface area contributed by atoms with Crippen LogP contribution in [-0.2, 0) is 14.3 Å². The first-order chi connectivity index (χ1) is 7.47. The second kappa shape index (κ2) is 8.10. The molecule has 0 aliphatic carbocycles. The third kappa shape index (κ3) is 7.23. The zero-order valence-corrected chi connectivity index (χ0v) is 10.5. The Morgan fingerprint density at radius 3 is 2.38 bits per heavy atom. The summed E-state index contributed by atoms with van der Waals surface area (Å²) in [6, 6.07) is -0.168. The molecule has 0 spiro atoms. The van der Waals surface area contributed by atoms with Crippen molar-refractivity contribution in [2.45, 2.75) is 46.2 Å². The standard InChI is InChI=1S/C11H22N2O3/c1-5-16-10(14)6-7-12-9(4)11(15)13-8(2)3/h8-9,12H,5-7H2,1-4H3,(H,13,15). The predicted molar refractivity (Wildman–Crippen MR) is 62.0 cm³/mol. The third-order valence-corrected chi connectivity index (χ3v) is 1.91. The molecule has 0 aromatic rings. The summed E-state index contributed by atoms with van der Waals surface area (Å²) in [6.45, 7) is 8.19. The average molecular weight is 230 g/mol. The molecule has 0 aromatic carbocycles. The maximum absolute atomic E-state index is 11.5. The van der Waals surface area contributed by atoms with Crippen molar-refractivity contribution in [3.05, 3.63) is 0 Å². The minimum atomic E-state index is -0.295. The third-order valence-electron chi connectivity index (χ3n) is 1.91.